The third-order valence-electron chi connectivity index (χ3n) is 4.94. The molecule has 0 saturated carbocycles. The van der Waals surface area contributed by atoms with Crippen LogP contribution in [0, 0.1) is 5.82 Å². The number of benzene rings is 1. The van der Waals surface area contributed by atoms with Crippen molar-refractivity contribution in [1.29, 1.82) is 0 Å². The third-order valence-corrected chi connectivity index (χ3v) is 6.87. The number of nitrogens with zero attached hydrogens (tertiary/aromatic N) is 1. The van der Waals surface area contributed by atoms with E-state index in [9.17, 15) is 17.6 Å². The van der Waals surface area contributed by atoms with Gasteiger partial charge in [0.15, 0.2) is 6.54 Å². The van der Waals surface area contributed by atoms with Gasteiger partial charge in [0.2, 0.25) is 10.0 Å². The number of piperazine rings is 1. The topological polar surface area (TPSA) is 70.9 Å². The molecule has 8 heteroatoms. The number of carbonyl (C=O) groups is 1. The number of quaternary nitrogens is 1. The lowest BCUT2D eigenvalue weighted by atomic mass is 10.1. The van der Waals surface area contributed by atoms with Gasteiger partial charge in [0, 0.05) is 6.04 Å². The van der Waals surface area contributed by atoms with E-state index in [1.807, 2.05) is 6.92 Å². The maximum absolute atomic E-state index is 13.9. The highest BCUT2D eigenvalue weighted by Gasteiger charge is 2.32. The molecule has 1 aromatic rings. The summed E-state index contributed by atoms with van der Waals surface area (Å²) in [4.78, 5) is 12.9. The highest BCUT2D eigenvalue weighted by atomic mass is 32.2. The third kappa shape index (κ3) is 6.26. The van der Waals surface area contributed by atoms with Crippen LogP contribution >= 0.6 is 0 Å². The Balaban J connectivity index is 1.81. The molecule has 152 valence electrons. The average molecular weight is 401 g/mol. The van der Waals surface area contributed by atoms with Gasteiger partial charge in [0.05, 0.1) is 26.2 Å². The Bertz CT molecular complexity index is 719. The molecular weight excluding hydrogens is 369 g/mol. The summed E-state index contributed by atoms with van der Waals surface area (Å²) in [5, 5.41) is 3.02. The Hall–Kier alpha value is -1.51. The van der Waals surface area contributed by atoms with Crippen molar-refractivity contribution >= 4 is 15.9 Å². The molecule has 2 N–H and O–H groups in total. The molecule has 1 heterocycles. The van der Waals surface area contributed by atoms with Crippen LogP contribution in [-0.2, 0) is 14.8 Å². The number of nitrogens with one attached hydrogen (secondary N) is 2. The highest BCUT2D eigenvalue weighted by Crippen LogP contribution is 2.18. The lowest BCUT2D eigenvalue weighted by Crippen LogP contribution is -3.15. The van der Waals surface area contributed by atoms with E-state index in [2.05, 4.69) is 12.2 Å². The molecule has 0 aliphatic carbocycles. The van der Waals surface area contributed by atoms with E-state index in [-0.39, 0.29) is 29.9 Å². The number of carbonyl (C=O) groups excluding carboxylic acids is 1. The average Bonchev–Trinajstić information content (AvgIpc) is 2.62. The van der Waals surface area contributed by atoms with Crippen molar-refractivity contribution in [3.8, 4) is 0 Å². The van der Waals surface area contributed by atoms with E-state index in [0.29, 0.717) is 19.6 Å². The SMILES string of the molecule is CCCCC[C@@H](C)NC(=O)C[NH+]1CCN(S(=O)(=O)c2ccccc2F)CC1. The van der Waals surface area contributed by atoms with E-state index < -0.39 is 15.8 Å². The lowest BCUT2D eigenvalue weighted by Gasteiger charge is -2.31. The molecule has 1 aliphatic heterocycles. The Morgan fingerprint density at radius 1 is 1.26 bits per heavy atom. The minimum absolute atomic E-state index is 0.000547. The van der Waals surface area contributed by atoms with Crippen LogP contribution in [0.15, 0.2) is 29.2 Å². The summed E-state index contributed by atoms with van der Waals surface area (Å²) in [5.74, 6) is -0.733. The van der Waals surface area contributed by atoms with Crippen LogP contribution < -0.4 is 10.2 Å². The maximum atomic E-state index is 13.9. The number of sulfonamides is 1. The molecule has 2 rings (SSSR count). The summed E-state index contributed by atoms with van der Waals surface area (Å²) in [6, 6.07) is 5.59. The molecule has 27 heavy (non-hydrogen) atoms. The second-order valence-electron chi connectivity index (χ2n) is 7.23. The van der Waals surface area contributed by atoms with E-state index >= 15 is 0 Å². The molecule has 0 bridgehead atoms. The van der Waals surface area contributed by atoms with Crippen LogP contribution in [-0.4, -0.2) is 57.4 Å². The van der Waals surface area contributed by atoms with Gasteiger partial charge in [-0.3, -0.25) is 4.79 Å². The summed E-state index contributed by atoms with van der Waals surface area (Å²) >= 11 is 0. The van der Waals surface area contributed by atoms with Crippen molar-refractivity contribution in [3.63, 3.8) is 0 Å². The summed E-state index contributed by atoms with van der Waals surface area (Å²) in [6.07, 6.45) is 4.41. The van der Waals surface area contributed by atoms with E-state index in [0.717, 1.165) is 30.2 Å². The molecule has 6 nitrogen and oxygen atoms in total. The zero-order valence-corrected chi connectivity index (χ0v) is 17.0. The quantitative estimate of drug-likeness (QED) is 0.603. The van der Waals surface area contributed by atoms with Gasteiger partial charge in [0.25, 0.3) is 5.91 Å². The maximum Gasteiger partial charge on any atom is 0.275 e. The van der Waals surface area contributed by atoms with Crippen molar-refractivity contribution in [1.82, 2.24) is 9.62 Å². The Morgan fingerprint density at radius 2 is 1.93 bits per heavy atom. The fourth-order valence-corrected chi connectivity index (χ4v) is 4.84. The van der Waals surface area contributed by atoms with Crippen LogP contribution in [0.1, 0.15) is 39.5 Å². The minimum Gasteiger partial charge on any atom is -0.349 e. The second kappa shape index (κ2) is 10.1. The smallest absolute Gasteiger partial charge is 0.275 e. The molecular formula is C19H31FN3O3S+. The first-order valence-corrected chi connectivity index (χ1v) is 11.2. The first kappa shape index (κ1) is 21.8. The predicted octanol–water partition coefficient (Wildman–Crippen LogP) is 0.800. The number of rotatable bonds is 9. The number of amides is 1. The number of hydrogen-bond acceptors (Lipinski definition) is 3. The minimum atomic E-state index is -3.83. The van der Waals surface area contributed by atoms with Crippen LogP contribution in [0.3, 0.4) is 0 Å². The van der Waals surface area contributed by atoms with Gasteiger partial charge in [-0.2, -0.15) is 4.31 Å². The fourth-order valence-electron chi connectivity index (χ4n) is 3.34. The van der Waals surface area contributed by atoms with E-state index in [1.54, 1.807) is 0 Å². The molecule has 1 saturated heterocycles. The summed E-state index contributed by atoms with van der Waals surface area (Å²) in [5.41, 5.74) is 0. The van der Waals surface area contributed by atoms with E-state index in [1.165, 1.54) is 28.9 Å². The van der Waals surface area contributed by atoms with E-state index in [4.69, 9.17) is 0 Å². The molecule has 1 aliphatic rings. The monoisotopic (exact) mass is 400 g/mol. The first-order chi connectivity index (χ1) is 12.8. The van der Waals surface area contributed by atoms with Gasteiger partial charge in [0.1, 0.15) is 10.7 Å². The van der Waals surface area contributed by atoms with Crippen LogP contribution in [0.4, 0.5) is 4.39 Å². The van der Waals surface area contributed by atoms with Crippen molar-refractivity contribution in [2.75, 3.05) is 32.7 Å². The Labute approximate surface area is 161 Å². The second-order valence-corrected chi connectivity index (χ2v) is 9.13. The summed E-state index contributed by atoms with van der Waals surface area (Å²) in [7, 11) is -3.83. The normalized spacial score (nSPS) is 17.6. The standard InChI is InChI=1S/C19H30FN3O3S/c1-3-4-5-8-16(2)21-19(24)15-22-11-13-23(14-12-22)27(25,26)18-10-7-6-9-17(18)20/h6-7,9-10,16H,3-5,8,11-15H2,1-2H3,(H,21,24)/p+1/t16-/m1/s1. The van der Waals surface area contributed by atoms with Crippen LogP contribution in [0.2, 0.25) is 0 Å². The van der Waals surface area contributed by atoms with Gasteiger partial charge >= 0.3 is 0 Å². The molecule has 1 atom stereocenters. The number of hydrogen-bond donors (Lipinski definition) is 2. The lowest BCUT2D eigenvalue weighted by molar-refractivity contribution is -0.895. The van der Waals surface area contributed by atoms with Gasteiger partial charge in [-0.25, -0.2) is 12.8 Å². The molecule has 1 aromatic carbocycles. The molecule has 0 radical (unpaired) electrons. The van der Waals surface area contributed by atoms with Crippen molar-refractivity contribution in [2.45, 2.75) is 50.5 Å². The molecule has 0 aromatic heterocycles. The Kier molecular flexibility index (Phi) is 8.19. The predicted molar refractivity (Wildman–Crippen MR) is 102 cm³/mol. The molecule has 0 unspecified atom stereocenters. The van der Waals surface area contributed by atoms with Crippen molar-refractivity contribution in [2.24, 2.45) is 0 Å². The Morgan fingerprint density at radius 3 is 2.56 bits per heavy atom. The van der Waals surface area contributed by atoms with Crippen LogP contribution in [0.5, 0.6) is 0 Å². The zero-order valence-electron chi connectivity index (χ0n) is 16.2. The van der Waals surface area contributed by atoms with Gasteiger partial charge in [-0.05, 0) is 25.5 Å². The van der Waals surface area contributed by atoms with Gasteiger partial charge in [-0.1, -0.05) is 38.3 Å². The van der Waals surface area contributed by atoms with Crippen molar-refractivity contribution in [3.05, 3.63) is 30.1 Å². The summed E-state index contributed by atoms with van der Waals surface area (Å²) < 4.78 is 40.4. The number of halogens is 1. The van der Waals surface area contributed by atoms with Gasteiger partial charge < -0.3 is 10.2 Å². The zero-order chi connectivity index (χ0) is 19.9. The molecule has 0 spiro atoms. The summed E-state index contributed by atoms with van der Waals surface area (Å²) in [6.45, 7) is 6.14. The number of unbranched alkanes of at least 4 members (excludes halogenated alkanes) is 2. The van der Waals surface area contributed by atoms with Crippen LogP contribution in [0.25, 0.3) is 0 Å². The first-order valence-electron chi connectivity index (χ1n) is 9.72. The fraction of sp³-hybridized carbons (Fsp3) is 0.632. The molecule has 1 amide bonds. The highest BCUT2D eigenvalue weighted by molar-refractivity contribution is 7.89. The molecule has 1 fully saturated rings. The van der Waals surface area contributed by atoms with Gasteiger partial charge in [-0.15, -0.1) is 0 Å². The largest absolute Gasteiger partial charge is 0.349 e. The van der Waals surface area contributed by atoms with Crippen molar-refractivity contribution < 1.29 is 22.5 Å².